The first-order chi connectivity index (χ1) is 11.8. The Kier molecular flexibility index (Phi) is 6.59. The molecular formula is C21H27NO3. The first-order valence-corrected chi connectivity index (χ1v) is 8.52. The van der Waals surface area contributed by atoms with Gasteiger partial charge in [0, 0.05) is 5.69 Å². The van der Waals surface area contributed by atoms with Crippen molar-refractivity contribution in [1.29, 1.82) is 0 Å². The van der Waals surface area contributed by atoms with Crippen molar-refractivity contribution >= 4 is 11.6 Å². The van der Waals surface area contributed by atoms with Gasteiger partial charge in [-0.1, -0.05) is 45.0 Å². The molecule has 2 aromatic carbocycles. The minimum atomic E-state index is -0.167. The molecule has 0 spiro atoms. The van der Waals surface area contributed by atoms with Gasteiger partial charge in [0.05, 0.1) is 6.61 Å². The molecule has 4 nitrogen and oxygen atoms in total. The molecule has 0 atom stereocenters. The highest BCUT2D eigenvalue weighted by Gasteiger charge is 2.12. The summed E-state index contributed by atoms with van der Waals surface area (Å²) in [5.41, 5.74) is 3.28. The summed E-state index contributed by atoms with van der Waals surface area (Å²) in [6.07, 6.45) is 0. The molecule has 2 aromatic rings. The first kappa shape index (κ1) is 19.0. The zero-order chi connectivity index (χ0) is 18.3. The van der Waals surface area contributed by atoms with Crippen LogP contribution >= 0.6 is 0 Å². The Morgan fingerprint density at radius 2 is 1.76 bits per heavy atom. The molecule has 0 aliphatic heterocycles. The molecule has 0 unspecified atom stereocenters. The molecule has 0 radical (unpaired) electrons. The van der Waals surface area contributed by atoms with Gasteiger partial charge in [0.25, 0.3) is 0 Å². The summed E-state index contributed by atoms with van der Waals surface area (Å²) in [5, 5.41) is 2.81. The zero-order valence-corrected chi connectivity index (χ0v) is 15.5. The molecule has 0 heterocycles. The molecule has 0 aliphatic carbocycles. The number of rotatable bonds is 7. The summed E-state index contributed by atoms with van der Waals surface area (Å²) in [5.74, 6) is 0.640. The maximum absolute atomic E-state index is 11.8. The SMILES string of the molecule is Cc1cccc(NC(=O)COCCOc2ccc(C(C)(C)C)cc2)c1. The van der Waals surface area contributed by atoms with Crippen molar-refractivity contribution in [2.24, 2.45) is 0 Å². The van der Waals surface area contributed by atoms with Crippen LogP contribution in [0.15, 0.2) is 48.5 Å². The molecule has 0 fully saturated rings. The number of anilines is 1. The fraction of sp³-hybridized carbons (Fsp3) is 0.381. The van der Waals surface area contributed by atoms with Gasteiger partial charge in [-0.25, -0.2) is 0 Å². The highest BCUT2D eigenvalue weighted by Crippen LogP contribution is 2.24. The van der Waals surface area contributed by atoms with E-state index in [0.717, 1.165) is 17.0 Å². The van der Waals surface area contributed by atoms with Crippen LogP contribution in [0, 0.1) is 6.92 Å². The number of carbonyl (C=O) groups excluding carboxylic acids is 1. The molecule has 0 aromatic heterocycles. The van der Waals surface area contributed by atoms with Gasteiger partial charge in [0.15, 0.2) is 0 Å². The topological polar surface area (TPSA) is 47.6 Å². The first-order valence-electron chi connectivity index (χ1n) is 8.52. The number of hydrogen-bond donors (Lipinski definition) is 1. The molecule has 0 saturated heterocycles. The minimum Gasteiger partial charge on any atom is -0.491 e. The lowest BCUT2D eigenvalue weighted by Gasteiger charge is -2.19. The second-order valence-electron chi connectivity index (χ2n) is 7.09. The number of ether oxygens (including phenoxy) is 2. The lowest BCUT2D eigenvalue weighted by atomic mass is 9.87. The van der Waals surface area contributed by atoms with Gasteiger partial charge in [-0.2, -0.15) is 0 Å². The molecule has 0 aliphatic rings. The Balaban J connectivity index is 1.65. The number of hydrogen-bond acceptors (Lipinski definition) is 3. The average Bonchev–Trinajstić information content (AvgIpc) is 2.54. The van der Waals surface area contributed by atoms with E-state index in [4.69, 9.17) is 9.47 Å². The Labute approximate surface area is 150 Å². The molecule has 1 amide bonds. The van der Waals surface area contributed by atoms with E-state index in [1.807, 2.05) is 43.3 Å². The van der Waals surface area contributed by atoms with E-state index in [0.29, 0.717) is 13.2 Å². The van der Waals surface area contributed by atoms with Crippen molar-refractivity contribution in [3.63, 3.8) is 0 Å². The normalized spacial score (nSPS) is 11.2. The molecule has 0 saturated carbocycles. The van der Waals surface area contributed by atoms with Crippen molar-refractivity contribution < 1.29 is 14.3 Å². The van der Waals surface area contributed by atoms with Crippen LogP contribution in [0.2, 0.25) is 0 Å². The maximum Gasteiger partial charge on any atom is 0.250 e. The van der Waals surface area contributed by atoms with Crippen molar-refractivity contribution in [2.75, 3.05) is 25.1 Å². The second kappa shape index (κ2) is 8.67. The predicted molar refractivity (Wildman–Crippen MR) is 101 cm³/mol. The molecule has 1 N–H and O–H groups in total. The zero-order valence-electron chi connectivity index (χ0n) is 15.5. The van der Waals surface area contributed by atoms with Crippen LogP contribution in [0.4, 0.5) is 5.69 Å². The largest absolute Gasteiger partial charge is 0.491 e. The van der Waals surface area contributed by atoms with E-state index in [9.17, 15) is 4.79 Å². The molecule has 2 rings (SSSR count). The number of amides is 1. The quantitative estimate of drug-likeness (QED) is 0.763. The Hall–Kier alpha value is -2.33. The van der Waals surface area contributed by atoms with Crippen LogP contribution < -0.4 is 10.1 Å². The van der Waals surface area contributed by atoms with Crippen molar-refractivity contribution in [3.8, 4) is 5.75 Å². The van der Waals surface area contributed by atoms with Gasteiger partial charge >= 0.3 is 0 Å². The Morgan fingerprint density at radius 1 is 1.04 bits per heavy atom. The van der Waals surface area contributed by atoms with Crippen LogP contribution in [0.1, 0.15) is 31.9 Å². The van der Waals surface area contributed by atoms with Gasteiger partial charge < -0.3 is 14.8 Å². The molecule has 25 heavy (non-hydrogen) atoms. The summed E-state index contributed by atoms with van der Waals surface area (Å²) in [4.78, 5) is 11.8. The fourth-order valence-electron chi connectivity index (χ4n) is 2.35. The van der Waals surface area contributed by atoms with Gasteiger partial charge in [-0.15, -0.1) is 0 Å². The van der Waals surface area contributed by atoms with E-state index in [1.165, 1.54) is 5.56 Å². The van der Waals surface area contributed by atoms with Crippen LogP contribution in [-0.2, 0) is 14.9 Å². The molecule has 134 valence electrons. The van der Waals surface area contributed by atoms with Crippen molar-refractivity contribution in [3.05, 3.63) is 59.7 Å². The van der Waals surface area contributed by atoms with Gasteiger partial charge in [-0.3, -0.25) is 4.79 Å². The molecule has 0 bridgehead atoms. The highest BCUT2D eigenvalue weighted by atomic mass is 16.5. The third-order valence-corrected chi connectivity index (χ3v) is 3.75. The van der Waals surface area contributed by atoms with E-state index in [-0.39, 0.29) is 17.9 Å². The number of benzene rings is 2. The van der Waals surface area contributed by atoms with Crippen molar-refractivity contribution in [2.45, 2.75) is 33.1 Å². The minimum absolute atomic E-state index is 0.0142. The lowest BCUT2D eigenvalue weighted by Crippen LogP contribution is -2.20. The smallest absolute Gasteiger partial charge is 0.250 e. The lowest BCUT2D eigenvalue weighted by molar-refractivity contribution is -0.120. The Morgan fingerprint density at radius 3 is 2.40 bits per heavy atom. The van der Waals surface area contributed by atoms with E-state index >= 15 is 0 Å². The number of carbonyl (C=O) groups is 1. The van der Waals surface area contributed by atoms with Gasteiger partial charge in [0.1, 0.15) is 19.0 Å². The fourth-order valence-corrected chi connectivity index (χ4v) is 2.35. The van der Waals surface area contributed by atoms with Crippen LogP contribution in [0.3, 0.4) is 0 Å². The van der Waals surface area contributed by atoms with Crippen LogP contribution in [0.25, 0.3) is 0 Å². The van der Waals surface area contributed by atoms with Crippen LogP contribution in [0.5, 0.6) is 5.75 Å². The van der Waals surface area contributed by atoms with E-state index in [1.54, 1.807) is 0 Å². The van der Waals surface area contributed by atoms with E-state index in [2.05, 4.69) is 38.2 Å². The highest BCUT2D eigenvalue weighted by molar-refractivity contribution is 5.91. The summed E-state index contributed by atoms with van der Waals surface area (Å²) in [7, 11) is 0. The number of nitrogens with one attached hydrogen (secondary N) is 1. The number of aryl methyl sites for hydroxylation is 1. The predicted octanol–water partition coefficient (Wildman–Crippen LogP) is 4.33. The van der Waals surface area contributed by atoms with E-state index < -0.39 is 0 Å². The Bertz CT molecular complexity index is 687. The third kappa shape index (κ3) is 6.59. The summed E-state index contributed by atoms with van der Waals surface area (Å²) in [6, 6.07) is 15.7. The summed E-state index contributed by atoms with van der Waals surface area (Å²) in [6.45, 7) is 9.31. The summed E-state index contributed by atoms with van der Waals surface area (Å²) < 4.78 is 11.0. The monoisotopic (exact) mass is 341 g/mol. The maximum atomic E-state index is 11.8. The molecule has 4 heteroatoms. The van der Waals surface area contributed by atoms with Crippen molar-refractivity contribution in [1.82, 2.24) is 0 Å². The molecular weight excluding hydrogens is 314 g/mol. The standard InChI is InChI=1S/C21H27NO3/c1-16-6-5-7-18(14-16)22-20(23)15-24-12-13-25-19-10-8-17(9-11-19)21(2,3)4/h5-11,14H,12-13,15H2,1-4H3,(H,22,23). The second-order valence-corrected chi connectivity index (χ2v) is 7.09. The van der Waals surface area contributed by atoms with Gasteiger partial charge in [-0.05, 0) is 47.7 Å². The average molecular weight is 341 g/mol. The third-order valence-electron chi connectivity index (χ3n) is 3.75. The van der Waals surface area contributed by atoms with Gasteiger partial charge in [0.2, 0.25) is 5.91 Å². The van der Waals surface area contributed by atoms with Crippen LogP contribution in [-0.4, -0.2) is 25.7 Å². The summed E-state index contributed by atoms with van der Waals surface area (Å²) >= 11 is 0.